The minimum atomic E-state index is -0.522. The molecule has 13 rings (SSSR count). The first kappa shape index (κ1) is 39.8. The number of nitrogens with zero attached hydrogens (tertiary/aromatic N) is 1. The number of anilines is 3. The summed E-state index contributed by atoms with van der Waals surface area (Å²) in [5, 5.41) is 7.76. The lowest BCUT2D eigenvalue weighted by molar-refractivity contribution is 0.443. The summed E-state index contributed by atoms with van der Waals surface area (Å²) in [6, 6.07) is 93.4. The molecule has 0 saturated heterocycles. The van der Waals surface area contributed by atoms with Crippen molar-refractivity contribution in [1.29, 1.82) is 0 Å². The number of rotatable bonds is 7. The fourth-order valence-corrected chi connectivity index (χ4v) is 11.3. The Bertz CT molecular complexity index is 3460. The Morgan fingerprint density at radius 3 is 1.50 bits per heavy atom. The number of fused-ring (bicyclic) bond motifs is 9. The van der Waals surface area contributed by atoms with Crippen LogP contribution in [-0.4, -0.2) is 0 Å². The molecule has 3 nitrogen and oxygen atoms in total. The maximum atomic E-state index is 3.88. The van der Waals surface area contributed by atoms with Crippen LogP contribution in [-0.2, 0) is 5.41 Å². The highest BCUT2D eigenvalue weighted by molar-refractivity contribution is 5.97. The van der Waals surface area contributed by atoms with Gasteiger partial charge in [0.2, 0.25) is 0 Å². The Morgan fingerprint density at radius 2 is 0.824 bits per heavy atom. The zero-order chi connectivity index (χ0) is 45.0. The number of nitrogens with one attached hydrogen (secondary N) is 2. The molecular weight excluding hydrogens is 823 g/mol. The average molecular weight is 870 g/mol. The smallest absolute Gasteiger partial charge is 0.104 e. The van der Waals surface area contributed by atoms with Gasteiger partial charge < -0.3 is 10.2 Å². The molecule has 10 aromatic rings. The van der Waals surface area contributed by atoms with Crippen LogP contribution in [0.25, 0.3) is 50.2 Å². The first-order chi connectivity index (χ1) is 33.7. The molecule has 3 aliphatic rings. The van der Waals surface area contributed by atoms with Crippen molar-refractivity contribution in [3.05, 3.63) is 300 Å². The van der Waals surface area contributed by atoms with E-state index >= 15 is 0 Å². The summed E-state index contributed by atoms with van der Waals surface area (Å²) in [6.45, 7) is 0. The van der Waals surface area contributed by atoms with E-state index in [-0.39, 0.29) is 12.2 Å². The van der Waals surface area contributed by atoms with Crippen LogP contribution in [0.3, 0.4) is 0 Å². The fraction of sp³-hybridized carbons (Fsp3) is 0.0462. The number of para-hydroxylation sites is 3. The molecule has 2 heterocycles. The molecule has 2 aliphatic heterocycles. The third-order valence-corrected chi connectivity index (χ3v) is 14.4. The van der Waals surface area contributed by atoms with Gasteiger partial charge in [0.25, 0.3) is 0 Å². The van der Waals surface area contributed by atoms with E-state index in [9.17, 15) is 0 Å². The zero-order valence-corrected chi connectivity index (χ0v) is 37.4. The summed E-state index contributed by atoms with van der Waals surface area (Å²) in [6.07, 6.45) is 2.25. The molecule has 2 N–H and O–H groups in total. The first-order valence-corrected chi connectivity index (χ1v) is 23.7. The highest BCUT2D eigenvalue weighted by Gasteiger charge is 2.51. The van der Waals surface area contributed by atoms with Gasteiger partial charge in [-0.3, -0.25) is 5.32 Å². The van der Waals surface area contributed by atoms with Crippen molar-refractivity contribution in [1.82, 2.24) is 10.6 Å². The van der Waals surface area contributed by atoms with E-state index < -0.39 is 5.41 Å². The lowest BCUT2D eigenvalue weighted by Gasteiger charge is -2.45. The van der Waals surface area contributed by atoms with Gasteiger partial charge in [-0.15, -0.1) is 0 Å². The van der Waals surface area contributed by atoms with Crippen molar-refractivity contribution in [2.75, 3.05) is 4.90 Å². The third-order valence-electron chi connectivity index (χ3n) is 14.4. The van der Waals surface area contributed by atoms with E-state index in [2.05, 4.69) is 276 Å². The Balaban J connectivity index is 0.887. The molecule has 0 amide bonds. The van der Waals surface area contributed by atoms with Crippen LogP contribution in [0.5, 0.6) is 0 Å². The normalized spacial score (nSPS) is 16.2. The van der Waals surface area contributed by atoms with Gasteiger partial charge >= 0.3 is 0 Å². The zero-order valence-electron chi connectivity index (χ0n) is 37.4. The van der Waals surface area contributed by atoms with Crippen molar-refractivity contribution in [3.63, 3.8) is 0 Å². The molecule has 0 saturated carbocycles. The monoisotopic (exact) mass is 869 g/mol. The predicted octanol–water partition coefficient (Wildman–Crippen LogP) is 15.8. The third kappa shape index (κ3) is 6.46. The summed E-state index contributed by atoms with van der Waals surface area (Å²) >= 11 is 0. The molecular formula is C65H47N3. The Morgan fingerprint density at radius 1 is 0.338 bits per heavy atom. The van der Waals surface area contributed by atoms with Crippen LogP contribution < -0.4 is 15.5 Å². The lowest BCUT2D eigenvalue weighted by Crippen LogP contribution is -2.39. The predicted molar refractivity (Wildman–Crippen MR) is 281 cm³/mol. The highest BCUT2D eigenvalue weighted by atomic mass is 15.2. The summed E-state index contributed by atoms with van der Waals surface area (Å²) in [5.41, 5.74) is 22.7. The maximum Gasteiger partial charge on any atom is 0.104 e. The molecule has 3 heteroatoms. The minimum Gasteiger partial charge on any atom is -0.366 e. The van der Waals surface area contributed by atoms with Crippen LogP contribution in [0.4, 0.5) is 17.1 Å². The van der Waals surface area contributed by atoms with Crippen molar-refractivity contribution in [2.24, 2.45) is 0 Å². The van der Waals surface area contributed by atoms with Crippen LogP contribution in [0.1, 0.15) is 51.2 Å². The minimum absolute atomic E-state index is 0.0328. The van der Waals surface area contributed by atoms with E-state index in [0.29, 0.717) is 0 Å². The van der Waals surface area contributed by atoms with Crippen LogP contribution in [0.2, 0.25) is 0 Å². The maximum absolute atomic E-state index is 3.88. The summed E-state index contributed by atoms with van der Waals surface area (Å²) in [5.74, 6) is 0. The van der Waals surface area contributed by atoms with Gasteiger partial charge in [-0.05, 0) is 120 Å². The standard InChI is InChI=1S/C65H47N3/c1-4-18-44(19-5-1)45-32-38-49(39-33-45)64-66-60(47-20-6-2-7-21-47)43-61(67-64)48-36-34-46(35-37-48)52-24-10-11-25-53(52)50-40-41-55-54-26-12-13-27-56(54)65(59(55)42-50)57-28-14-16-30-62(57)68(51-22-8-3-9-23-51)63-31-17-15-29-58(63)65/h1-43,60,64,66-67H. The van der Waals surface area contributed by atoms with Gasteiger partial charge in [0.15, 0.2) is 0 Å². The van der Waals surface area contributed by atoms with E-state index in [1.54, 1.807) is 0 Å². The highest BCUT2D eigenvalue weighted by Crippen LogP contribution is 2.63. The van der Waals surface area contributed by atoms with Crippen LogP contribution in [0.15, 0.2) is 261 Å². The largest absolute Gasteiger partial charge is 0.366 e. The number of hydrogen-bond donors (Lipinski definition) is 2. The van der Waals surface area contributed by atoms with Crippen LogP contribution in [0, 0.1) is 0 Å². The van der Waals surface area contributed by atoms with Gasteiger partial charge in [0.1, 0.15) is 6.17 Å². The second-order valence-electron chi connectivity index (χ2n) is 18.1. The summed E-state index contributed by atoms with van der Waals surface area (Å²) in [7, 11) is 0. The fourth-order valence-electron chi connectivity index (χ4n) is 11.3. The van der Waals surface area contributed by atoms with Gasteiger partial charge in [-0.1, -0.05) is 224 Å². The molecule has 0 aromatic heterocycles. The van der Waals surface area contributed by atoms with Crippen molar-refractivity contribution in [2.45, 2.75) is 17.6 Å². The Kier molecular flexibility index (Phi) is 9.62. The number of benzene rings is 10. The molecule has 2 unspecified atom stereocenters. The van der Waals surface area contributed by atoms with Crippen molar-refractivity contribution < 1.29 is 0 Å². The molecule has 2 atom stereocenters. The topological polar surface area (TPSA) is 27.3 Å². The first-order valence-electron chi connectivity index (χ1n) is 23.7. The van der Waals surface area contributed by atoms with E-state index in [1.807, 2.05) is 0 Å². The van der Waals surface area contributed by atoms with Crippen molar-refractivity contribution in [3.8, 4) is 44.5 Å². The Hall–Kier alpha value is -8.50. The molecule has 322 valence electrons. The van der Waals surface area contributed by atoms with E-state index in [4.69, 9.17) is 0 Å². The SMILES string of the molecule is C1=C(c2ccc(-c3ccccc3-c3ccc4c(c3)C3(c5ccccc5-4)c4ccccc4N(c4ccccc4)c4ccccc43)cc2)NC(c2ccc(-c3ccccc3)cc2)NC1c1ccccc1. The molecule has 0 radical (unpaired) electrons. The molecule has 0 bridgehead atoms. The molecule has 10 aromatic carbocycles. The van der Waals surface area contributed by atoms with Gasteiger partial charge in [0.05, 0.1) is 22.8 Å². The molecule has 1 aliphatic carbocycles. The molecule has 68 heavy (non-hydrogen) atoms. The van der Waals surface area contributed by atoms with Gasteiger partial charge in [-0.25, -0.2) is 0 Å². The van der Waals surface area contributed by atoms with E-state index in [1.165, 1.54) is 89.3 Å². The Labute approximate surface area is 398 Å². The van der Waals surface area contributed by atoms with E-state index in [0.717, 1.165) is 16.9 Å². The summed E-state index contributed by atoms with van der Waals surface area (Å²) < 4.78 is 0. The second-order valence-corrected chi connectivity index (χ2v) is 18.1. The van der Waals surface area contributed by atoms with Crippen LogP contribution >= 0.6 is 0 Å². The molecule has 1 spiro atoms. The average Bonchev–Trinajstić information content (AvgIpc) is 3.71. The molecule has 0 fully saturated rings. The van der Waals surface area contributed by atoms with Crippen molar-refractivity contribution >= 4 is 22.8 Å². The summed E-state index contributed by atoms with van der Waals surface area (Å²) in [4.78, 5) is 2.44. The quantitative estimate of drug-likeness (QED) is 0.167. The van der Waals surface area contributed by atoms with Gasteiger partial charge in [-0.2, -0.15) is 0 Å². The van der Waals surface area contributed by atoms with Gasteiger partial charge in [0, 0.05) is 11.4 Å². The number of hydrogen-bond acceptors (Lipinski definition) is 3. The second kappa shape index (κ2) is 16.4. The lowest BCUT2D eigenvalue weighted by atomic mass is 9.64.